The number of imidazole rings is 1. The van der Waals surface area contributed by atoms with E-state index in [2.05, 4.69) is 4.98 Å². The van der Waals surface area contributed by atoms with Crippen molar-refractivity contribution in [3.8, 4) is 17.2 Å². The van der Waals surface area contributed by atoms with E-state index < -0.39 is 0 Å². The van der Waals surface area contributed by atoms with Gasteiger partial charge in [0.2, 0.25) is 5.78 Å². The number of hydrogen-bond donors (Lipinski definition) is 1. The Morgan fingerprint density at radius 1 is 1.13 bits per heavy atom. The molecule has 3 aromatic rings. The summed E-state index contributed by atoms with van der Waals surface area (Å²) in [5, 5.41) is 9.46. The molecule has 0 radical (unpaired) electrons. The van der Waals surface area contributed by atoms with Gasteiger partial charge >= 0.3 is 0 Å². The van der Waals surface area contributed by atoms with Crippen LogP contribution in [0.5, 0.6) is 11.5 Å². The fraction of sp³-hybridized carbons (Fsp3) is 0. The van der Waals surface area contributed by atoms with Crippen molar-refractivity contribution in [1.29, 1.82) is 0 Å². The van der Waals surface area contributed by atoms with Gasteiger partial charge in [0.15, 0.2) is 5.76 Å². The van der Waals surface area contributed by atoms with E-state index in [4.69, 9.17) is 4.74 Å². The SMILES string of the molecule is O=C1/C(=C\c2ccc(-n3ccnc3)cc2)Oc2cc(O)ccc21. The van der Waals surface area contributed by atoms with Crippen LogP contribution in [0.2, 0.25) is 0 Å². The Labute approximate surface area is 132 Å². The van der Waals surface area contributed by atoms with Crippen molar-refractivity contribution < 1.29 is 14.6 Å². The smallest absolute Gasteiger partial charge is 0.231 e. The monoisotopic (exact) mass is 304 g/mol. The van der Waals surface area contributed by atoms with E-state index in [1.807, 2.05) is 35.0 Å². The van der Waals surface area contributed by atoms with Gasteiger partial charge in [-0.05, 0) is 35.9 Å². The Hall–Kier alpha value is -3.34. The minimum Gasteiger partial charge on any atom is -0.508 e. The number of rotatable bonds is 2. The number of benzene rings is 2. The third-order valence-electron chi connectivity index (χ3n) is 3.65. The van der Waals surface area contributed by atoms with Gasteiger partial charge in [-0.15, -0.1) is 0 Å². The van der Waals surface area contributed by atoms with Gasteiger partial charge in [0.05, 0.1) is 11.9 Å². The number of carbonyl (C=O) groups excluding carboxylic acids is 1. The van der Waals surface area contributed by atoms with Crippen LogP contribution in [0.3, 0.4) is 0 Å². The molecule has 0 saturated carbocycles. The molecular weight excluding hydrogens is 292 g/mol. The van der Waals surface area contributed by atoms with Crippen molar-refractivity contribution >= 4 is 11.9 Å². The number of nitrogens with zero attached hydrogens (tertiary/aromatic N) is 2. The lowest BCUT2D eigenvalue weighted by atomic mass is 10.1. The standard InChI is InChI=1S/C18H12N2O3/c21-14-5-6-15-16(10-14)23-17(18(15)22)9-12-1-3-13(4-2-12)20-8-7-19-11-20/h1-11,21H/b17-9+. The largest absolute Gasteiger partial charge is 0.508 e. The summed E-state index contributed by atoms with van der Waals surface area (Å²) in [4.78, 5) is 16.3. The average molecular weight is 304 g/mol. The molecule has 0 spiro atoms. The Morgan fingerprint density at radius 2 is 1.96 bits per heavy atom. The van der Waals surface area contributed by atoms with Crippen LogP contribution in [0.4, 0.5) is 0 Å². The van der Waals surface area contributed by atoms with E-state index in [0.29, 0.717) is 11.3 Å². The summed E-state index contributed by atoms with van der Waals surface area (Å²) in [6.07, 6.45) is 6.99. The Kier molecular flexibility index (Phi) is 2.98. The molecular formula is C18H12N2O3. The normalized spacial score (nSPS) is 14.8. The van der Waals surface area contributed by atoms with Gasteiger partial charge in [-0.25, -0.2) is 4.98 Å². The zero-order valence-electron chi connectivity index (χ0n) is 12.0. The van der Waals surface area contributed by atoms with Gasteiger partial charge < -0.3 is 14.4 Å². The van der Waals surface area contributed by atoms with Crippen LogP contribution >= 0.6 is 0 Å². The van der Waals surface area contributed by atoms with Crippen molar-refractivity contribution in [2.75, 3.05) is 0 Å². The number of fused-ring (bicyclic) bond motifs is 1. The van der Waals surface area contributed by atoms with Crippen molar-refractivity contribution in [3.05, 3.63) is 78.1 Å². The number of Topliss-reactive ketones (excluding diaryl/α,β-unsaturated/α-hetero) is 1. The number of phenols is 1. The van der Waals surface area contributed by atoms with Gasteiger partial charge in [0, 0.05) is 24.1 Å². The Bertz CT molecular complexity index is 910. The second-order valence-corrected chi connectivity index (χ2v) is 5.18. The van der Waals surface area contributed by atoms with E-state index in [1.165, 1.54) is 12.1 Å². The molecule has 0 amide bonds. The number of aromatic nitrogens is 2. The third-order valence-corrected chi connectivity index (χ3v) is 3.65. The van der Waals surface area contributed by atoms with E-state index in [0.717, 1.165) is 11.3 Å². The number of ether oxygens (including phenoxy) is 1. The molecule has 5 heteroatoms. The Balaban J connectivity index is 1.63. The molecule has 1 N–H and O–H groups in total. The lowest BCUT2D eigenvalue weighted by Crippen LogP contribution is -1.98. The van der Waals surface area contributed by atoms with Crippen molar-refractivity contribution in [1.82, 2.24) is 9.55 Å². The summed E-state index contributed by atoms with van der Waals surface area (Å²) < 4.78 is 7.44. The van der Waals surface area contributed by atoms with Gasteiger partial charge in [-0.2, -0.15) is 0 Å². The number of hydrogen-bond acceptors (Lipinski definition) is 4. The lowest BCUT2D eigenvalue weighted by Gasteiger charge is -2.03. The molecule has 5 nitrogen and oxygen atoms in total. The van der Waals surface area contributed by atoms with E-state index in [-0.39, 0.29) is 17.3 Å². The molecule has 4 rings (SSSR count). The summed E-state index contributed by atoms with van der Waals surface area (Å²) in [5.41, 5.74) is 2.30. The van der Waals surface area contributed by atoms with Gasteiger partial charge in [-0.1, -0.05) is 12.1 Å². The molecule has 1 aromatic heterocycles. The minimum absolute atomic E-state index is 0.0717. The van der Waals surface area contributed by atoms with Crippen molar-refractivity contribution in [2.24, 2.45) is 0 Å². The predicted molar refractivity (Wildman–Crippen MR) is 84.6 cm³/mol. The van der Waals surface area contributed by atoms with Crippen LogP contribution in [0.1, 0.15) is 15.9 Å². The summed E-state index contributed by atoms with van der Waals surface area (Å²) in [6.45, 7) is 0. The molecule has 1 aliphatic rings. The molecule has 0 atom stereocenters. The summed E-state index contributed by atoms with van der Waals surface area (Å²) >= 11 is 0. The van der Waals surface area contributed by atoms with Gasteiger partial charge in [-0.3, -0.25) is 4.79 Å². The van der Waals surface area contributed by atoms with Crippen LogP contribution in [-0.4, -0.2) is 20.4 Å². The minimum atomic E-state index is -0.182. The van der Waals surface area contributed by atoms with Crippen LogP contribution in [0, 0.1) is 0 Å². The first-order valence-corrected chi connectivity index (χ1v) is 7.06. The highest BCUT2D eigenvalue weighted by atomic mass is 16.5. The molecule has 0 aliphatic carbocycles. The van der Waals surface area contributed by atoms with Crippen LogP contribution in [-0.2, 0) is 0 Å². The number of allylic oxidation sites excluding steroid dienone is 1. The van der Waals surface area contributed by atoms with Crippen molar-refractivity contribution in [2.45, 2.75) is 0 Å². The highest BCUT2D eigenvalue weighted by Crippen LogP contribution is 2.34. The van der Waals surface area contributed by atoms with Crippen molar-refractivity contribution in [3.63, 3.8) is 0 Å². The average Bonchev–Trinajstić information content (AvgIpc) is 3.18. The van der Waals surface area contributed by atoms with Gasteiger partial charge in [0.25, 0.3) is 0 Å². The third kappa shape index (κ3) is 2.38. The fourth-order valence-corrected chi connectivity index (χ4v) is 2.48. The maximum atomic E-state index is 12.3. The van der Waals surface area contributed by atoms with Crippen LogP contribution in [0.25, 0.3) is 11.8 Å². The predicted octanol–water partition coefficient (Wildman–Crippen LogP) is 3.19. The van der Waals surface area contributed by atoms with E-state index >= 15 is 0 Å². The highest BCUT2D eigenvalue weighted by Gasteiger charge is 2.27. The quantitative estimate of drug-likeness (QED) is 0.738. The summed E-state index contributed by atoms with van der Waals surface area (Å²) in [7, 11) is 0. The molecule has 2 aromatic carbocycles. The Morgan fingerprint density at radius 3 is 2.70 bits per heavy atom. The van der Waals surface area contributed by atoms with E-state index in [9.17, 15) is 9.90 Å². The zero-order chi connectivity index (χ0) is 15.8. The maximum absolute atomic E-state index is 12.3. The number of ketones is 1. The maximum Gasteiger partial charge on any atom is 0.231 e. The number of phenolic OH excluding ortho intramolecular Hbond substituents is 1. The molecule has 0 fully saturated rings. The molecule has 112 valence electrons. The topological polar surface area (TPSA) is 64.4 Å². The number of aromatic hydroxyl groups is 1. The lowest BCUT2D eigenvalue weighted by molar-refractivity contribution is 0.101. The van der Waals surface area contributed by atoms with Gasteiger partial charge in [0.1, 0.15) is 11.5 Å². The first kappa shape index (κ1) is 13.3. The molecule has 0 bridgehead atoms. The summed E-state index contributed by atoms with van der Waals surface area (Å²) in [6, 6.07) is 12.2. The second kappa shape index (κ2) is 5.14. The van der Waals surface area contributed by atoms with Crippen LogP contribution < -0.4 is 4.74 Å². The molecule has 23 heavy (non-hydrogen) atoms. The van der Waals surface area contributed by atoms with Crippen LogP contribution in [0.15, 0.2) is 66.9 Å². The second-order valence-electron chi connectivity index (χ2n) is 5.18. The fourth-order valence-electron chi connectivity index (χ4n) is 2.48. The highest BCUT2D eigenvalue weighted by molar-refractivity contribution is 6.14. The zero-order valence-corrected chi connectivity index (χ0v) is 12.0. The van der Waals surface area contributed by atoms with E-state index in [1.54, 1.807) is 24.7 Å². The molecule has 2 heterocycles. The first-order valence-electron chi connectivity index (χ1n) is 7.06. The molecule has 0 saturated heterocycles. The molecule has 0 unspecified atom stereocenters. The first-order chi connectivity index (χ1) is 11.2. The summed E-state index contributed by atoms with van der Waals surface area (Å²) in [5.74, 6) is 0.526. The molecule has 1 aliphatic heterocycles. The number of carbonyl (C=O) groups is 1.